The maximum atomic E-state index is 13.2. The first kappa shape index (κ1) is 15.2. The lowest BCUT2D eigenvalue weighted by molar-refractivity contribution is -0.142. The van der Waals surface area contributed by atoms with Crippen LogP contribution >= 0.6 is 15.9 Å². The van der Waals surface area contributed by atoms with Gasteiger partial charge in [0.2, 0.25) is 11.8 Å². The number of carbonyl (C=O) groups excluding carboxylic acids is 2. The highest BCUT2D eigenvalue weighted by molar-refractivity contribution is 9.10. The van der Waals surface area contributed by atoms with E-state index in [1.54, 1.807) is 12.1 Å². The van der Waals surface area contributed by atoms with Gasteiger partial charge in [0.15, 0.2) is 0 Å². The van der Waals surface area contributed by atoms with Crippen LogP contribution in [0.15, 0.2) is 22.7 Å². The van der Waals surface area contributed by atoms with Crippen LogP contribution in [0.2, 0.25) is 0 Å². The van der Waals surface area contributed by atoms with E-state index >= 15 is 0 Å². The van der Waals surface area contributed by atoms with Gasteiger partial charge < -0.3 is 0 Å². The molecule has 0 bridgehead atoms. The van der Waals surface area contributed by atoms with Gasteiger partial charge in [0.05, 0.1) is 16.4 Å². The number of hydrogen-bond donors (Lipinski definition) is 0. The average molecular weight is 342 g/mol. The number of amides is 2. The van der Waals surface area contributed by atoms with Crippen molar-refractivity contribution in [3.8, 4) is 0 Å². The molecule has 0 N–H and O–H groups in total. The van der Waals surface area contributed by atoms with Crippen LogP contribution in [0.4, 0.5) is 4.39 Å². The van der Waals surface area contributed by atoms with Crippen molar-refractivity contribution < 1.29 is 14.0 Å². The number of rotatable bonds is 4. The van der Waals surface area contributed by atoms with Gasteiger partial charge in [-0.3, -0.25) is 14.5 Å². The van der Waals surface area contributed by atoms with Gasteiger partial charge in [0.25, 0.3) is 0 Å². The Morgan fingerprint density at radius 3 is 2.45 bits per heavy atom. The van der Waals surface area contributed by atoms with E-state index in [-0.39, 0.29) is 30.6 Å². The summed E-state index contributed by atoms with van der Waals surface area (Å²) in [6.45, 7) is 4.08. The van der Waals surface area contributed by atoms with E-state index in [2.05, 4.69) is 15.9 Å². The van der Waals surface area contributed by atoms with E-state index in [0.29, 0.717) is 17.3 Å². The molecule has 1 aromatic carbocycles. The topological polar surface area (TPSA) is 37.4 Å². The average Bonchev–Trinajstić information content (AvgIpc) is 2.67. The van der Waals surface area contributed by atoms with Gasteiger partial charge >= 0.3 is 0 Å². The summed E-state index contributed by atoms with van der Waals surface area (Å²) in [5, 5.41) is 0. The molecule has 3 nitrogen and oxygen atoms in total. The van der Waals surface area contributed by atoms with E-state index in [1.165, 1.54) is 11.0 Å². The third kappa shape index (κ3) is 2.51. The van der Waals surface area contributed by atoms with E-state index in [9.17, 15) is 14.0 Å². The Labute approximate surface area is 126 Å². The SMILES string of the molecule is CCC1(CC)CC(=O)N(Cc2ccc(F)c(Br)c2)C1=O. The van der Waals surface area contributed by atoms with E-state index in [0.717, 1.165) is 5.56 Å². The van der Waals surface area contributed by atoms with Crippen LogP contribution in [0.3, 0.4) is 0 Å². The number of benzene rings is 1. The number of likely N-dealkylation sites (tertiary alicyclic amines) is 1. The van der Waals surface area contributed by atoms with Crippen LogP contribution in [0, 0.1) is 11.2 Å². The van der Waals surface area contributed by atoms with Gasteiger partial charge in [0.1, 0.15) is 5.82 Å². The molecule has 108 valence electrons. The van der Waals surface area contributed by atoms with Crippen LogP contribution in [-0.4, -0.2) is 16.7 Å². The maximum absolute atomic E-state index is 13.2. The van der Waals surface area contributed by atoms with Crippen LogP contribution in [-0.2, 0) is 16.1 Å². The number of halogens is 2. The lowest BCUT2D eigenvalue weighted by atomic mass is 9.81. The number of nitrogens with zero attached hydrogens (tertiary/aromatic N) is 1. The van der Waals surface area contributed by atoms with Crippen molar-refractivity contribution in [2.75, 3.05) is 0 Å². The Bertz CT molecular complexity index is 555. The lowest BCUT2D eigenvalue weighted by Crippen LogP contribution is -2.34. The monoisotopic (exact) mass is 341 g/mol. The Kier molecular flexibility index (Phi) is 4.28. The second-order valence-corrected chi connectivity index (χ2v) is 6.05. The molecule has 0 unspecified atom stereocenters. The fraction of sp³-hybridized carbons (Fsp3) is 0.467. The van der Waals surface area contributed by atoms with Gasteiger partial charge in [0, 0.05) is 6.42 Å². The summed E-state index contributed by atoms with van der Waals surface area (Å²) < 4.78 is 13.5. The molecular weight excluding hydrogens is 325 g/mol. The molecule has 5 heteroatoms. The maximum Gasteiger partial charge on any atom is 0.236 e. The molecule has 0 saturated carbocycles. The van der Waals surface area contributed by atoms with Gasteiger partial charge in [-0.25, -0.2) is 4.39 Å². The number of carbonyl (C=O) groups is 2. The summed E-state index contributed by atoms with van der Waals surface area (Å²) in [6.07, 6.45) is 1.61. The highest BCUT2D eigenvalue weighted by atomic mass is 79.9. The molecule has 20 heavy (non-hydrogen) atoms. The quantitative estimate of drug-likeness (QED) is 0.784. The molecule has 2 amide bonds. The van der Waals surface area contributed by atoms with Crippen molar-refractivity contribution >= 4 is 27.7 Å². The summed E-state index contributed by atoms with van der Waals surface area (Å²) in [4.78, 5) is 25.9. The molecule has 1 aliphatic rings. The third-order valence-corrected chi connectivity index (χ3v) is 4.78. The smallest absolute Gasteiger partial charge is 0.236 e. The molecule has 1 aromatic rings. The standard InChI is InChI=1S/C15H17BrFNO2/c1-3-15(4-2)8-13(19)18(14(15)20)9-10-5-6-12(17)11(16)7-10/h5-7H,3-4,8-9H2,1-2H3. The first-order chi connectivity index (χ1) is 9.43. The lowest BCUT2D eigenvalue weighted by Gasteiger charge is -2.23. The van der Waals surface area contributed by atoms with Gasteiger partial charge in [-0.1, -0.05) is 19.9 Å². The van der Waals surface area contributed by atoms with Crippen LogP contribution in [0.5, 0.6) is 0 Å². The summed E-state index contributed by atoms with van der Waals surface area (Å²) in [7, 11) is 0. The summed E-state index contributed by atoms with van der Waals surface area (Å²) in [5.41, 5.74) is 0.192. The molecule has 0 aliphatic carbocycles. The molecule has 1 fully saturated rings. The van der Waals surface area contributed by atoms with Crippen molar-refractivity contribution in [1.29, 1.82) is 0 Å². The minimum Gasteiger partial charge on any atom is -0.278 e. The fourth-order valence-corrected chi connectivity index (χ4v) is 3.07. The molecule has 0 spiro atoms. The minimum absolute atomic E-state index is 0.104. The molecule has 1 heterocycles. The Morgan fingerprint density at radius 1 is 1.30 bits per heavy atom. The van der Waals surface area contributed by atoms with E-state index < -0.39 is 5.41 Å². The molecule has 2 rings (SSSR count). The normalized spacial score (nSPS) is 17.9. The van der Waals surface area contributed by atoms with Crippen molar-refractivity contribution in [3.63, 3.8) is 0 Å². The molecular formula is C15H17BrFNO2. The van der Waals surface area contributed by atoms with E-state index in [1.807, 2.05) is 13.8 Å². The van der Waals surface area contributed by atoms with Gasteiger partial charge in [-0.05, 0) is 46.5 Å². The summed E-state index contributed by atoms with van der Waals surface area (Å²) in [6, 6.07) is 4.53. The van der Waals surface area contributed by atoms with Crippen LogP contribution < -0.4 is 0 Å². The second kappa shape index (κ2) is 5.64. The number of hydrogen-bond acceptors (Lipinski definition) is 2. The zero-order chi connectivity index (χ0) is 14.9. The Hall–Kier alpha value is -1.23. The molecule has 1 saturated heterocycles. The zero-order valence-corrected chi connectivity index (χ0v) is 13.2. The third-order valence-electron chi connectivity index (χ3n) is 4.17. The second-order valence-electron chi connectivity index (χ2n) is 5.20. The predicted octanol–water partition coefficient (Wildman–Crippen LogP) is 3.65. The summed E-state index contributed by atoms with van der Waals surface area (Å²) in [5.74, 6) is -0.601. The zero-order valence-electron chi connectivity index (χ0n) is 11.6. The first-order valence-electron chi connectivity index (χ1n) is 6.72. The Balaban J connectivity index is 2.23. The Morgan fingerprint density at radius 2 is 1.95 bits per heavy atom. The summed E-state index contributed by atoms with van der Waals surface area (Å²) >= 11 is 3.11. The molecule has 0 radical (unpaired) electrons. The largest absolute Gasteiger partial charge is 0.278 e. The highest BCUT2D eigenvalue weighted by Crippen LogP contribution is 2.39. The van der Waals surface area contributed by atoms with Crippen molar-refractivity contribution in [1.82, 2.24) is 4.90 Å². The molecule has 0 atom stereocenters. The molecule has 1 aliphatic heterocycles. The minimum atomic E-state index is -0.547. The van der Waals surface area contributed by atoms with Gasteiger partial charge in [-0.15, -0.1) is 0 Å². The van der Waals surface area contributed by atoms with Crippen molar-refractivity contribution in [3.05, 3.63) is 34.1 Å². The fourth-order valence-electron chi connectivity index (χ4n) is 2.64. The van der Waals surface area contributed by atoms with Crippen molar-refractivity contribution in [2.45, 2.75) is 39.7 Å². The van der Waals surface area contributed by atoms with Crippen LogP contribution in [0.25, 0.3) is 0 Å². The van der Waals surface area contributed by atoms with Crippen molar-refractivity contribution in [2.24, 2.45) is 5.41 Å². The highest BCUT2D eigenvalue weighted by Gasteiger charge is 2.48. The van der Waals surface area contributed by atoms with E-state index in [4.69, 9.17) is 0 Å². The molecule has 0 aromatic heterocycles. The number of imide groups is 1. The van der Waals surface area contributed by atoms with Gasteiger partial charge in [-0.2, -0.15) is 0 Å². The predicted molar refractivity (Wildman–Crippen MR) is 77.3 cm³/mol. The first-order valence-corrected chi connectivity index (χ1v) is 7.51. The van der Waals surface area contributed by atoms with Crippen LogP contribution in [0.1, 0.15) is 38.7 Å².